The van der Waals surface area contributed by atoms with Crippen molar-refractivity contribution < 1.29 is 19.5 Å². The molecule has 2 atom stereocenters. The molecule has 1 aromatic heterocycles. The molecule has 0 aliphatic rings. The first-order valence-corrected chi connectivity index (χ1v) is 11.6. The van der Waals surface area contributed by atoms with E-state index in [0.29, 0.717) is 5.56 Å². The molecule has 0 saturated heterocycles. The SMILES string of the molecule is CNC(=O)[C@@H](NC(=O)C[C@H](C(=O)O)n1ccc(-c2ccc(-c3ccc(C#N)cc3)cc2)c1)C(C)(C)C. The van der Waals surface area contributed by atoms with Crippen LogP contribution in [0, 0.1) is 16.7 Å². The fourth-order valence-electron chi connectivity index (χ4n) is 3.91. The van der Waals surface area contributed by atoms with Crippen molar-refractivity contribution in [3.8, 4) is 28.3 Å². The van der Waals surface area contributed by atoms with E-state index in [0.717, 1.165) is 22.3 Å². The summed E-state index contributed by atoms with van der Waals surface area (Å²) in [6, 6.07) is 17.1. The standard InChI is InChI=1S/C28H30N4O4/c1-28(2,3)25(26(34)30-4)31-24(33)15-23(27(35)36)32-14-13-22(17-32)21-11-9-20(10-12-21)19-7-5-18(16-29)6-8-19/h5-14,17,23,25H,15H2,1-4H3,(H,30,34)(H,31,33)(H,35,36)/t23-,25-/m1/s1. The Bertz CT molecular complexity index is 1280. The Kier molecular flexibility index (Phi) is 7.95. The second kappa shape index (κ2) is 10.9. The smallest absolute Gasteiger partial charge is 0.327 e. The van der Waals surface area contributed by atoms with Crippen molar-refractivity contribution in [3.05, 3.63) is 72.6 Å². The third kappa shape index (κ3) is 6.19. The molecular formula is C28H30N4O4. The summed E-state index contributed by atoms with van der Waals surface area (Å²) >= 11 is 0. The summed E-state index contributed by atoms with van der Waals surface area (Å²) < 4.78 is 1.50. The topological polar surface area (TPSA) is 124 Å². The number of nitriles is 1. The van der Waals surface area contributed by atoms with Crippen LogP contribution in [0.5, 0.6) is 0 Å². The van der Waals surface area contributed by atoms with Gasteiger partial charge in [-0.2, -0.15) is 5.26 Å². The van der Waals surface area contributed by atoms with E-state index < -0.39 is 29.4 Å². The summed E-state index contributed by atoms with van der Waals surface area (Å²) in [6.45, 7) is 5.48. The lowest BCUT2D eigenvalue weighted by molar-refractivity contribution is -0.143. The molecule has 36 heavy (non-hydrogen) atoms. The maximum Gasteiger partial charge on any atom is 0.327 e. The lowest BCUT2D eigenvalue weighted by atomic mass is 9.86. The van der Waals surface area contributed by atoms with Gasteiger partial charge in [0.1, 0.15) is 12.1 Å². The van der Waals surface area contributed by atoms with E-state index in [9.17, 15) is 19.5 Å². The van der Waals surface area contributed by atoms with Crippen molar-refractivity contribution in [2.75, 3.05) is 7.05 Å². The molecule has 0 spiro atoms. The number of carboxylic acid groups (broad SMARTS) is 1. The Morgan fingerprint density at radius 1 is 0.944 bits per heavy atom. The van der Waals surface area contributed by atoms with Gasteiger partial charge in [-0.25, -0.2) is 4.79 Å². The molecule has 8 nitrogen and oxygen atoms in total. The van der Waals surface area contributed by atoms with E-state index in [1.807, 2.05) is 57.2 Å². The second-order valence-electron chi connectivity index (χ2n) is 9.65. The van der Waals surface area contributed by atoms with Gasteiger partial charge in [0, 0.05) is 19.4 Å². The van der Waals surface area contributed by atoms with E-state index in [-0.39, 0.29) is 12.3 Å². The first-order chi connectivity index (χ1) is 17.0. The van der Waals surface area contributed by atoms with Gasteiger partial charge in [0.2, 0.25) is 11.8 Å². The van der Waals surface area contributed by atoms with Crippen LogP contribution < -0.4 is 10.6 Å². The van der Waals surface area contributed by atoms with Gasteiger partial charge in [-0.3, -0.25) is 9.59 Å². The molecule has 0 fully saturated rings. The largest absolute Gasteiger partial charge is 0.480 e. The van der Waals surface area contributed by atoms with E-state index in [4.69, 9.17) is 5.26 Å². The molecule has 3 aromatic rings. The number of amides is 2. The van der Waals surface area contributed by atoms with Crippen LogP contribution in [0.25, 0.3) is 22.3 Å². The number of hydrogen-bond donors (Lipinski definition) is 3. The molecule has 2 amide bonds. The van der Waals surface area contributed by atoms with Crippen molar-refractivity contribution in [2.45, 2.75) is 39.3 Å². The minimum absolute atomic E-state index is 0.315. The molecule has 0 bridgehead atoms. The Morgan fingerprint density at radius 2 is 1.47 bits per heavy atom. The molecule has 8 heteroatoms. The molecule has 0 aliphatic heterocycles. The minimum Gasteiger partial charge on any atom is -0.480 e. The Labute approximate surface area is 210 Å². The molecule has 0 unspecified atom stereocenters. The lowest BCUT2D eigenvalue weighted by Crippen LogP contribution is -2.53. The maximum atomic E-state index is 12.7. The molecule has 0 radical (unpaired) electrons. The number of aliphatic carboxylic acids is 1. The highest BCUT2D eigenvalue weighted by molar-refractivity contribution is 5.90. The molecule has 0 saturated carbocycles. The molecule has 186 valence electrons. The Balaban J connectivity index is 1.75. The highest BCUT2D eigenvalue weighted by atomic mass is 16.4. The number of benzene rings is 2. The van der Waals surface area contributed by atoms with Crippen LogP contribution in [0.15, 0.2) is 67.0 Å². The summed E-state index contributed by atoms with van der Waals surface area (Å²) in [4.78, 5) is 36.9. The number of likely N-dealkylation sites (N-methyl/N-ethyl adjacent to an activating group) is 1. The normalized spacial score (nSPS) is 12.8. The van der Waals surface area contributed by atoms with Crippen LogP contribution in [0.2, 0.25) is 0 Å². The van der Waals surface area contributed by atoms with E-state index in [2.05, 4.69) is 16.7 Å². The average Bonchev–Trinajstić information content (AvgIpc) is 3.34. The fraction of sp³-hybridized carbons (Fsp3) is 0.286. The van der Waals surface area contributed by atoms with Gasteiger partial charge in [-0.05, 0) is 45.9 Å². The number of nitrogens with zero attached hydrogens (tertiary/aromatic N) is 2. The zero-order valence-electron chi connectivity index (χ0n) is 20.8. The first-order valence-electron chi connectivity index (χ1n) is 11.6. The van der Waals surface area contributed by atoms with E-state index >= 15 is 0 Å². The maximum absolute atomic E-state index is 12.7. The Hall–Kier alpha value is -4.38. The number of aromatic nitrogens is 1. The third-order valence-corrected chi connectivity index (χ3v) is 5.98. The van der Waals surface area contributed by atoms with Crippen LogP contribution in [-0.2, 0) is 14.4 Å². The monoisotopic (exact) mass is 486 g/mol. The fourth-order valence-corrected chi connectivity index (χ4v) is 3.91. The van der Waals surface area contributed by atoms with Crippen LogP contribution in [-0.4, -0.2) is 40.5 Å². The van der Waals surface area contributed by atoms with Crippen LogP contribution in [0.4, 0.5) is 0 Å². The van der Waals surface area contributed by atoms with Crippen molar-refractivity contribution in [3.63, 3.8) is 0 Å². The molecule has 2 aromatic carbocycles. The molecule has 3 rings (SSSR count). The summed E-state index contributed by atoms with van der Waals surface area (Å²) in [7, 11) is 1.49. The van der Waals surface area contributed by atoms with Gasteiger partial charge in [-0.15, -0.1) is 0 Å². The summed E-state index contributed by atoms with van der Waals surface area (Å²) in [5.74, 6) is -2.00. The van der Waals surface area contributed by atoms with Crippen molar-refractivity contribution in [1.29, 1.82) is 5.26 Å². The Morgan fingerprint density at radius 3 is 1.94 bits per heavy atom. The molecule has 0 aliphatic carbocycles. The van der Waals surface area contributed by atoms with Gasteiger partial charge in [0.15, 0.2) is 0 Å². The second-order valence-corrected chi connectivity index (χ2v) is 9.65. The summed E-state index contributed by atoms with van der Waals surface area (Å²) in [5, 5.41) is 24.0. The highest BCUT2D eigenvalue weighted by Crippen LogP contribution is 2.27. The van der Waals surface area contributed by atoms with Gasteiger partial charge in [0.25, 0.3) is 0 Å². The quantitative estimate of drug-likeness (QED) is 0.444. The van der Waals surface area contributed by atoms with Gasteiger partial charge in [-0.1, -0.05) is 57.2 Å². The highest BCUT2D eigenvalue weighted by Gasteiger charge is 2.33. The number of carbonyl (C=O) groups excluding carboxylic acids is 2. The summed E-state index contributed by atoms with van der Waals surface area (Å²) in [6.07, 6.45) is 3.02. The van der Waals surface area contributed by atoms with Gasteiger partial charge < -0.3 is 20.3 Å². The number of hydrogen-bond acceptors (Lipinski definition) is 4. The third-order valence-electron chi connectivity index (χ3n) is 5.98. The van der Waals surface area contributed by atoms with Gasteiger partial charge in [0.05, 0.1) is 18.1 Å². The molecular weight excluding hydrogens is 456 g/mol. The molecule has 3 N–H and O–H groups in total. The predicted octanol–water partition coefficient (Wildman–Crippen LogP) is 3.99. The number of nitrogens with one attached hydrogen (secondary N) is 2. The van der Waals surface area contributed by atoms with E-state index in [1.54, 1.807) is 30.6 Å². The average molecular weight is 487 g/mol. The van der Waals surface area contributed by atoms with Crippen LogP contribution in [0.3, 0.4) is 0 Å². The number of carboxylic acids is 1. The van der Waals surface area contributed by atoms with Gasteiger partial charge >= 0.3 is 5.97 Å². The van der Waals surface area contributed by atoms with Crippen molar-refractivity contribution >= 4 is 17.8 Å². The first kappa shape index (κ1) is 26.2. The zero-order valence-corrected chi connectivity index (χ0v) is 20.8. The van der Waals surface area contributed by atoms with Crippen LogP contribution >= 0.6 is 0 Å². The van der Waals surface area contributed by atoms with Crippen molar-refractivity contribution in [2.24, 2.45) is 5.41 Å². The lowest BCUT2D eigenvalue weighted by Gasteiger charge is -2.30. The van der Waals surface area contributed by atoms with Crippen LogP contribution in [0.1, 0.15) is 38.8 Å². The number of rotatable bonds is 8. The predicted molar refractivity (Wildman–Crippen MR) is 137 cm³/mol. The van der Waals surface area contributed by atoms with E-state index in [1.165, 1.54) is 11.6 Å². The molecule has 1 heterocycles. The minimum atomic E-state index is -1.14. The summed E-state index contributed by atoms with van der Waals surface area (Å²) in [5.41, 5.74) is 3.74. The zero-order chi connectivity index (χ0) is 26.5. The number of carbonyl (C=O) groups is 3. The van der Waals surface area contributed by atoms with Crippen molar-refractivity contribution in [1.82, 2.24) is 15.2 Å².